The van der Waals surface area contributed by atoms with Gasteiger partial charge in [0.25, 0.3) is 0 Å². The molecule has 1 saturated heterocycles. The molecule has 0 bridgehead atoms. The first kappa shape index (κ1) is 18.5. The minimum atomic E-state index is -0.120. The highest BCUT2D eigenvalue weighted by molar-refractivity contribution is 7.15. The monoisotopic (exact) mass is 398 g/mol. The van der Waals surface area contributed by atoms with E-state index >= 15 is 0 Å². The summed E-state index contributed by atoms with van der Waals surface area (Å²) in [6.45, 7) is 7.29. The maximum absolute atomic E-state index is 12.6. The molecule has 1 N–H and O–H groups in total. The fourth-order valence-corrected chi connectivity index (χ4v) is 4.04. The van der Waals surface area contributed by atoms with Gasteiger partial charge in [0.2, 0.25) is 11.0 Å². The van der Waals surface area contributed by atoms with Crippen LogP contribution in [0.15, 0.2) is 18.5 Å². The number of anilines is 2. The summed E-state index contributed by atoms with van der Waals surface area (Å²) in [6.07, 6.45) is 3.32. The maximum atomic E-state index is 12.6. The first-order valence-corrected chi connectivity index (χ1v) is 10.0. The third kappa shape index (κ3) is 3.86. The molecule has 0 spiro atoms. The van der Waals surface area contributed by atoms with E-state index in [1.807, 2.05) is 37.6 Å². The van der Waals surface area contributed by atoms with Crippen LogP contribution in [-0.2, 0) is 4.79 Å². The van der Waals surface area contributed by atoms with Gasteiger partial charge in [-0.15, -0.1) is 10.2 Å². The average molecular weight is 398 g/mol. The highest BCUT2D eigenvalue weighted by Gasteiger charge is 2.27. The van der Waals surface area contributed by atoms with Crippen LogP contribution in [-0.4, -0.2) is 48.9 Å². The molecule has 3 aromatic heterocycles. The SMILES string of the molecule is Cc1cc(C)n(-c2cc(N3CCC[C@@H](C(=O)Nc4nnc(C)s4)C3)ncn2)n1. The van der Waals surface area contributed by atoms with Crippen molar-refractivity contribution in [3.05, 3.63) is 34.9 Å². The Morgan fingerprint density at radius 3 is 2.71 bits per heavy atom. The molecule has 1 amide bonds. The summed E-state index contributed by atoms with van der Waals surface area (Å²) >= 11 is 1.38. The van der Waals surface area contributed by atoms with E-state index in [0.717, 1.165) is 47.4 Å². The van der Waals surface area contributed by atoms with Gasteiger partial charge in [-0.1, -0.05) is 11.3 Å². The minimum absolute atomic E-state index is 0.0197. The lowest BCUT2D eigenvalue weighted by molar-refractivity contribution is -0.120. The molecule has 10 heteroatoms. The second-order valence-electron chi connectivity index (χ2n) is 6.97. The fourth-order valence-electron chi connectivity index (χ4n) is 3.44. The van der Waals surface area contributed by atoms with Gasteiger partial charge in [-0.3, -0.25) is 4.79 Å². The molecule has 1 aliphatic rings. The molecule has 0 radical (unpaired) electrons. The largest absolute Gasteiger partial charge is 0.356 e. The first-order valence-electron chi connectivity index (χ1n) is 9.21. The molecule has 146 valence electrons. The lowest BCUT2D eigenvalue weighted by Crippen LogP contribution is -2.41. The van der Waals surface area contributed by atoms with Crippen molar-refractivity contribution < 1.29 is 4.79 Å². The number of piperidine rings is 1. The minimum Gasteiger partial charge on any atom is -0.356 e. The predicted molar refractivity (Wildman–Crippen MR) is 107 cm³/mol. The van der Waals surface area contributed by atoms with Crippen molar-refractivity contribution in [2.45, 2.75) is 33.6 Å². The highest BCUT2D eigenvalue weighted by Crippen LogP contribution is 2.24. The molecule has 1 atom stereocenters. The molecular formula is C18H22N8OS. The average Bonchev–Trinajstić information content (AvgIpc) is 3.26. The van der Waals surface area contributed by atoms with Crippen molar-refractivity contribution in [1.29, 1.82) is 0 Å². The molecule has 1 aliphatic heterocycles. The zero-order valence-electron chi connectivity index (χ0n) is 16.1. The number of aryl methyl sites for hydroxylation is 3. The van der Waals surface area contributed by atoms with Gasteiger partial charge in [-0.25, -0.2) is 14.6 Å². The van der Waals surface area contributed by atoms with E-state index in [-0.39, 0.29) is 11.8 Å². The Morgan fingerprint density at radius 1 is 1.18 bits per heavy atom. The maximum Gasteiger partial charge on any atom is 0.231 e. The van der Waals surface area contributed by atoms with Gasteiger partial charge in [0.05, 0.1) is 11.6 Å². The molecule has 28 heavy (non-hydrogen) atoms. The van der Waals surface area contributed by atoms with Crippen LogP contribution in [0.4, 0.5) is 10.9 Å². The molecule has 3 aromatic rings. The van der Waals surface area contributed by atoms with Crippen LogP contribution in [0.3, 0.4) is 0 Å². The Labute approximate surface area is 166 Å². The topological polar surface area (TPSA) is 102 Å². The number of rotatable bonds is 4. The summed E-state index contributed by atoms with van der Waals surface area (Å²) in [5.41, 5.74) is 1.96. The summed E-state index contributed by atoms with van der Waals surface area (Å²) < 4.78 is 1.81. The number of amides is 1. The number of hydrogen-bond donors (Lipinski definition) is 1. The molecule has 1 fully saturated rings. The van der Waals surface area contributed by atoms with E-state index in [4.69, 9.17) is 0 Å². The Kier molecular flexibility index (Phi) is 5.03. The van der Waals surface area contributed by atoms with E-state index in [1.54, 1.807) is 6.33 Å². The summed E-state index contributed by atoms with van der Waals surface area (Å²) in [5, 5.41) is 16.7. The number of hydrogen-bond acceptors (Lipinski definition) is 8. The fraction of sp³-hybridized carbons (Fsp3) is 0.444. The first-order chi connectivity index (χ1) is 13.5. The molecule has 0 aliphatic carbocycles. The molecule has 4 heterocycles. The predicted octanol–water partition coefficient (Wildman–Crippen LogP) is 2.29. The quantitative estimate of drug-likeness (QED) is 0.719. The van der Waals surface area contributed by atoms with Crippen molar-refractivity contribution in [3.63, 3.8) is 0 Å². The van der Waals surface area contributed by atoms with Gasteiger partial charge in [-0.05, 0) is 39.7 Å². The van der Waals surface area contributed by atoms with E-state index in [9.17, 15) is 4.79 Å². The van der Waals surface area contributed by atoms with Gasteiger partial charge in [0.15, 0.2) is 5.82 Å². The lowest BCUT2D eigenvalue weighted by atomic mass is 9.97. The Balaban J connectivity index is 1.49. The summed E-state index contributed by atoms with van der Waals surface area (Å²) in [4.78, 5) is 23.6. The van der Waals surface area contributed by atoms with E-state index in [0.29, 0.717) is 11.7 Å². The zero-order chi connectivity index (χ0) is 19.7. The molecular weight excluding hydrogens is 376 g/mol. The standard InChI is InChI=1S/C18H22N8OS/c1-11-7-12(2)26(24-11)16-8-15(19-10-20-16)25-6-4-5-14(9-25)17(27)21-18-23-22-13(3)28-18/h7-8,10,14H,4-6,9H2,1-3H3,(H,21,23,27)/t14-/m1/s1. The lowest BCUT2D eigenvalue weighted by Gasteiger charge is -2.32. The Bertz CT molecular complexity index is 997. The Morgan fingerprint density at radius 2 is 2.00 bits per heavy atom. The van der Waals surface area contributed by atoms with Gasteiger partial charge in [0, 0.05) is 24.8 Å². The van der Waals surface area contributed by atoms with E-state index in [2.05, 4.69) is 35.5 Å². The van der Waals surface area contributed by atoms with Gasteiger partial charge < -0.3 is 10.2 Å². The molecule has 0 saturated carbocycles. The molecule has 0 unspecified atom stereocenters. The van der Waals surface area contributed by atoms with Crippen LogP contribution in [0, 0.1) is 26.7 Å². The van der Waals surface area contributed by atoms with E-state index < -0.39 is 0 Å². The van der Waals surface area contributed by atoms with Gasteiger partial charge in [0.1, 0.15) is 17.2 Å². The second kappa shape index (κ2) is 7.63. The Hall–Kier alpha value is -2.88. The summed E-state index contributed by atoms with van der Waals surface area (Å²) in [7, 11) is 0. The third-order valence-corrected chi connectivity index (χ3v) is 5.49. The summed E-state index contributed by atoms with van der Waals surface area (Å²) in [6, 6.07) is 3.94. The molecule has 9 nitrogen and oxygen atoms in total. The van der Waals surface area contributed by atoms with Crippen molar-refractivity contribution in [1.82, 2.24) is 29.9 Å². The van der Waals surface area contributed by atoms with Crippen molar-refractivity contribution in [2.24, 2.45) is 5.92 Å². The number of aromatic nitrogens is 6. The van der Waals surface area contributed by atoms with Crippen molar-refractivity contribution >= 4 is 28.2 Å². The van der Waals surface area contributed by atoms with Crippen LogP contribution in [0.25, 0.3) is 5.82 Å². The number of nitrogens with one attached hydrogen (secondary N) is 1. The number of nitrogens with zero attached hydrogens (tertiary/aromatic N) is 7. The third-order valence-electron chi connectivity index (χ3n) is 4.74. The van der Waals surface area contributed by atoms with Gasteiger partial charge in [-0.2, -0.15) is 5.10 Å². The van der Waals surface area contributed by atoms with E-state index in [1.165, 1.54) is 11.3 Å². The van der Waals surface area contributed by atoms with Crippen molar-refractivity contribution in [3.8, 4) is 5.82 Å². The van der Waals surface area contributed by atoms with Crippen LogP contribution >= 0.6 is 11.3 Å². The second-order valence-corrected chi connectivity index (χ2v) is 8.16. The zero-order valence-corrected chi connectivity index (χ0v) is 16.9. The molecule has 0 aromatic carbocycles. The van der Waals surface area contributed by atoms with Crippen molar-refractivity contribution in [2.75, 3.05) is 23.3 Å². The normalized spacial score (nSPS) is 17.0. The molecule has 4 rings (SSSR count). The van der Waals surface area contributed by atoms with Crippen LogP contribution in [0.1, 0.15) is 29.2 Å². The number of carbonyl (C=O) groups excluding carboxylic acids is 1. The van der Waals surface area contributed by atoms with Crippen LogP contribution in [0.2, 0.25) is 0 Å². The van der Waals surface area contributed by atoms with Crippen LogP contribution in [0.5, 0.6) is 0 Å². The highest BCUT2D eigenvalue weighted by atomic mass is 32.1. The van der Waals surface area contributed by atoms with Gasteiger partial charge >= 0.3 is 0 Å². The smallest absolute Gasteiger partial charge is 0.231 e. The van der Waals surface area contributed by atoms with Crippen LogP contribution < -0.4 is 10.2 Å². The number of carbonyl (C=O) groups is 1. The summed E-state index contributed by atoms with van der Waals surface area (Å²) in [5.74, 6) is 1.40.